The first kappa shape index (κ1) is 13.7. The van der Waals surface area contributed by atoms with Gasteiger partial charge in [-0.1, -0.05) is 17.7 Å². The average Bonchev–Trinajstić information content (AvgIpc) is 2.14. The van der Waals surface area contributed by atoms with Gasteiger partial charge in [-0.3, -0.25) is 9.69 Å². The van der Waals surface area contributed by atoms with E-state index >= 15 is 0 Å². The van der Waals surface area contributed by atoms with Gasteiger partial charge < -0.3 is 5.11 Å². The summed E-state index contributed by atoms with van der Waals surface area (Å²) in [7, 11) is 3.61. The summed E-state index contributed by atoms with van der Waals surface area (Å²) in [5, 5.41) is 9.20. The quantitative estimate of drug-likeness (QED) is 0.869. The van der Waals surface area contributed by atoms with Gasteiger partial charge >= 0.3 is 5.97 Å². The van der Waals surface area contributed by atoms with E-state index in [2.05, 4.69) is 19.1 Å². The van der Waals surface area contributed by atoms with Gasteiger partial charge in [-0.2, -0.15) is 0 Å². The van der Waals surface area contributed by atoms with Crippen LogP contribution >= 0.6 is 0 Å². The smallest absolute Gasteiger partial charge is 0.321 e. The van der Waals surface area contributed by atoms with Gasteiger partial charge in [0.2, 0.25) is 0 Å². The second-order valence-electron chi connectivity index (χ2n) is 4.90. The monoisotopic (exact) mass is 235 g/mol. The van der Waals surface area contributed by atoms with Gasteiger partial charge in [-0.15, -0.1) is 0 Å². The normalized spacial score (nSPS) is 12.8. The Kier molecular flexibility index (Phi) is 4.29. The maximum absolute atomic E-state index is 11.2. The van der Waals surface area contributed by atoms with Gasteiger partial charge in [0.25, 0.3) is 0 Å². The van der Waals surface area contributed by atoms with E-state index in [1.54, 1.807) is 19.0 Å². The van der Waals surface area contributed by atoms with E-state index in [1.807, 2.05) is 13.8 Å². The van der Waals surface area contributed by atoms with Gasteiger partial charge in [0, 0.05) is 0 Å². The average molecular weight is 235 g/mol. The highest BCUT2D eigenvalue weighted by atomic mass is 16.4. The molecule has 0 aliphatic rings. The van der Waals surface area contributed by atoms with E-state index in [0.29, 0.717) is 6.42 Å². The zero-order valence-corrected chi connectivity index (χ0v) is 11.2. The lowest BCUT2D eigenvalue weighted by Gasteiger charge is -2.22. The van der Waals surface area contributed by atoms with Crippen molar-refractivity contribution in [1.29, 1.82) is 0 Å². The second-order valence-corrected chi connectivity index (χ2v) is 4.90. The largest absolute Gasteiger partial charge is 0.480 e. The van der Waals surface area contributed by atoms with Crippen LogP contribution in [0, 0.1) is 20.8 Å². The predicted octanol–water partition coefficient (Wildman–Crippen LogP) is 2.17. The summed E-state index contributed by atoms with van der Waals surface area (Å²) >= 11 is 0. The van der Waals surface area contributed by atoms with Crippen molar-refractivity contribution in [3.8, 4) is 0 Å². The zero-order chi connectivity index (χ0) is 13.2. The molecule has 17 heavy (non-hydrogen) atoms. The number of carboxylic acids is 1. The van der Waals surface area contributed by atoms with E-state index < -0.39 is 12.0 Å². The number of hydrogen-bond acceptors (Lipinski definition) is 2. The third-order valence-corrected chi connectivity index (χ3v) is 3.15. The molecule has 0 saturated heterocycles. The minimum absolute atomic E-state index is 0.463. The molecule has 0 spiro atoms. The van der Waals surface area contributed by atoms with Crippen molar-refractivity contribution in [2.75, 3.05) is 14.1 Å². The maximum Gasteiger partial charge on any atom is 0.321 e. The summed E-state index contributed by atoms with van der Waals surface area (Å²) in [6.45, 7) is 6.15. The molecule has 0 unspecified atom stereocenters. The first-order chi connectivity index (χ1) is 7.82. The molecule has 3 nitrogen and oxygen atoms in total. The molecule has 1 aromatic carbocycles. The fourth-order valence-electron chi connectivity index (χ4n) is 2.22. The third kappa shape index (κ3) is 3.30. The molecule has 0 radical (unpaired) electrons. The fourth-order valence-corrected chi connectivity index (χ4v) is 2.22. The minimum Gasteiger partial charge on any atom is -0.480 e. The van der Waals surface area contributed by atoms with E-state index in [0.717, 1.165) is 5.56 Å². The van der Waals surface area contributed by atoms with Gasteiger partial charge in [0.05, 0.1) is 0 Å². The molecule has 3 heteroatoms. The van der Waals surface area contributed by atoms with Crippen molar-refractivity contribution in [2.45, 2.75) is 33.2 Å². The Hall–Kier alpha value is -1.35. The number of carbonyl (C=O) groups is 1. The topological polar surface area (TPSA) is 40.5 Å². The Morgan fingerprint density at radius 1 is 1.24 bits per heavy atom. The summed E-state index contributed by atoms with van der Waals surface area (Å²) in [6, 6.07) is 3.75. The third-order valence-electron chi connectivity index (χ3n) is 3.15. The van der Waals surface area contributed by atoms with Crippen LogP contribution in [0.4, 0.5) is 0 Å². The van der Waals surface area contributed by atoms with E-state index in [1.165, 1.54) is 16.7 Å². The highest BCUT2D eigenvalue weighted by Crippen LogP contribution is 2.19. The SMILES string of the molecule is Cc1cc(C)c(C[C@H](C(=O)O)N(C)C)c(C)c1. The molecule has 94 valence electrons. The lowest BCUT2D eigenvalue weighted by molar-refractivity contribution is -0.142. The molecule has 0 saturated carbocycles. The molecular weight excluding hydrogens is 214 g/mol. The maximum atomic E-state index is 11.2. The Morgan fingerprint density at radius 2 is 1.71 bits per heavy atom. The number of hydrogen-bond donors (Lipinski definition) is 1. The summed E-state index contributed by atoms with van der Waals surface area (Å²) < 4.78 is 0. The van der Waals surface area contributed by atoms with Gasteiger partial charge in [-0.25, -0.2) is 0 Å². The fraction of sp³-hybridized carbons (Fsp3) is 0.500. The van der Waals surface area contributed by atoms with Gasteiger partial charge in [-0.05, 0) is 58.0 Å². The van der Waals surface area contributed by atoms with Crippen molar-refractivity contribution in [1.82, 2.24) is 4.90 Å². The van der Waals surface area contributed by atoms with Crippen LogP contribution in [-0.4, -0.2) is 36.1 Å². The molecule has 1 atom stereocenters. The van der Waals surface area contributed by atoms with Crippen LogP contribution in [0.1, 0.15) is 22.3 Å². The van der Waals surface area contributed by atoms with Crippen LogP contribution in [0.25, 0.3) is 0 Å². The lowest BCUT2D eigenvalue weighted by Crippen LogP contribution is -2.37. The number of aliphatic carboxylic acids is 1. The van der Waals surface area contributed by atoms with Crippen LogP contribution in [0.15, 0.2) is 12.1 Å². The molecule has 0 aliphatic heterocycles. The lowest BCUT2D eigenvalue weighted by atomic mass is 9.94. The Labute approximate surface area is 103 Å². The number of nitrogens with zero attached hydrogens (tertiary/aromatic N) is 1. The first-order valence-corrected chi connectivity index (χ1v) is 5.79. The molecule has 1 N–H and O–H groups in total. The first-order valence-electron chi connectivity index (χ1n) is 5.79. The van der Waals surface area contributed by atoms with Crippen molar-refractivity contribution < 1.29 is 9.90 Å². The minimum atomic E-state index is -0.769. The predicted molar refractivity (Wildman–Crippen MR) is 69.5 cm³/mol. The molecule has 0 aliphatic carbocycles. The molecule has 0 amide bonds. The van der Waals surface area contributed by atoms with E-state index in [4.69, 9.17) is 0 Å². The summed E-state index contributed by atoms with van der Waals surface area (Å²) in [4.78, 5) is 12.9. The van der Waals surface area contributed by atoms with Crippen LogP contribution in [-0.2, 0) is 11.2 Å². The van der Waals surface area contributed by atoms with Crippen LogP contribution < -0.4 is 0 Å². The van der Waals surface area contributed by atoms with Gasteiger partial charge in [0.15, 0.2) is 0 Å². The Morgan fingerprint density at radius 3 is 2.06 bits per heavy atom. The standard InChI is InChI=1S/C14H21NO2/c1-9-6-10(2)12(11(3)7-9)8-13(14(16)17)15(4)5/h6-7,13H,8H2,1-5H3,(H,16,17)/t13-/m1/s1. The number of carboxylic acid groups (broad SMARTS) is 1. The summed E-state index contributed by atoms with van der Waals surface area (Å²) in [5.74, 6) is -0.769. The number of aryl methyl sites for hydroxylation is 3. The molecule has 0 bridgehead atoms. The summed E-state index contributed by atoms with van der Waals surface area (Å²) in [5.41, 5.74) is 4.73. The molecule has 0 aromatic heterocycles. The molecular formula is C14H21NO2. The van der Waals surface area contributed by atoms with Crippen molar-refractivity contribution in [2.24, 2.45) is 0 Å². The van der Waals surface area contributed by atoms with E-state index in [9.17, 15) is 9.90 Å². The second kappa shape index (κ2) is 5.32. The van der Waals surface area contributed by atoms with Crippen molar-refractivity contribution in [3.63, 3.8) is 0 Å². The van der Waals surface area contributed by atoms with Crippen molar-refractivity contribution in [3.05, 3.63) is 34.4 Å². The molecule has 0 heterocycles. The Bertz CT molecular complexity index is 401. The summed E-state index contributed by atoms with van der Waals surface area (Å²) in [6.07, 6.45) is 0.556. The zero-order valence-electron chi connectivity index (χ0n) is 11.2. The van der Waals surface area contributed by atoms with E-state index in [-0.39, 0.29) is 0 Å². The Balaban J connectivity index is 3.05. The molecule has 0 fully saturated rings. The number of benzene rings is 1. The van der Waals surface area contributed by atoms with Crippen molar-refractivity contribution >= 4 is 5.97 Å². The highest BCUT2D eigenvalue weighted by Gasteiger charge is 2.21. The number of rotatable bonds is 4. The highest BCUT2D eigenvalue weighted by molar-refractivity contribution is 5.74. The van der Waals surface area contributed by atoms with Crippen LogP contribution in [0.5, 0.6) is 0 Å². The molecule has 1 rings (SSSR count). The number of likely N-dealkylation sites (N-methyl/N-ethyl adjacent to an activating group) is 1. The van der Waals surface area contributed by atoms with Crippen LogP contribution in [0.2, 0.25) is 0 Å². The van der Waals surface area contributed by atoms with Gasteiger partial charge in [0.1, 0.15) is 6.04 Å². The molecule has 1 aromatic rings. The van der Waals surface area contributed by atoms with Crippen LogP contribution in [0.3, 0.4) is 0 Å².